The first kappa shape index (κ1) is 13.8. The maximum absolute atomic E-state index is 13.2. The lowest BCUT2D eigenvalue weighted by molar-refractivity contribution is -0.132. The summed E-state index contributed by atoms with van der Waals surface area (Å²) in [5.74, 6) is -0.0560. The highest BCUT2D eigenvalue weighted by molar-refractivity contribution is 6.03. The lowest BCUT2D eigenvalue weighted by atomic mass is 10.1. The van der Waals surface area contributed by atoms with E-state index in [1.54, 1.807) is 4.90 Å². The second-order valence-corrected chi connectivity index (χ2v) is 5.31. The summed E-state index contributed by atoms with van der Waals surface area (Å²) in [6.07, 6.45) is 2.43. The molecule has 1 N–H and O–H groups in total. The molecule has 3 rings (SSSR count). The molecule has 1 fully saturated rings. The van der Waals surface area contributed by atoms with E-state index in [0.717, 1.165) is 12.6 Å². The van der Waals surface area contributed by atoms with Crippen molar-refractivity contribution in [1.82, 2.24) is 9.88 Å². The Morgan fingerprint density at radius 1 is 1.52 bits per heavy atom. The molecule has 0 aliphatic carbocycles. The van der Waals surface area contributed by atoms with E-state index in [0.29, 0.717) is 37.6 Å². The van der Waals surface area contributed by atoms with Gasteiger partial charge in [0.05, 0.1) is 18.4 Å². The summed E-state index contributed by atoms with van der Waals surface area (Å²) in [7, 11) is 0. The van der Waals surface area contributed by atoms with Crippen molar-refractivity contribution in [2.75, 3.05) is 29.9 Å². The van der Waals surface area contributed by atoms with Crippen LogP contribution in [-0.4, -0.2) is 47.4 Å². The summed E-state index contributed by atoms with van der Waals surface area (Å²) in [5, 5.41) is 2.67. The fourth-order valence-corrected chi connectivity index (χ4v) is 2.83. The van der Waals surface area contributed by atoms with Gasteiger partial charge in [0.15, 0.2) is 5.82 Å². The van der Waals surface area contributed by atoms with Crippen LogP contribution in [0.3, 0.4) is 0 Å². The van der Waals surface area contributed by atoms with Gasteiger partial charge in [0, 0.05) is 25.6 Å². The van der Waals surface area contributed by atoms with Gasteiger partial charge < -0.3 is 15.1 Å². The monoisotopic (exact) mass is 292 g/mol. The Kier molecular flexibility index (Phi) is 3.48. The lowest BCUT2D eigenvalue weighted by Gasteiger charge is -2.44. The number of piperazine rings is 1. The van der Waals surface area contributed by atoms with Crippen molar-refractivity contribution in [1.29, 1.82) is 0 Å². The van der Waals surface area contributed by atoms with E-state index in [9.17, 15) is 14.0 Å². The average molecular weight is 292 g/mol. The molecule has 0 bridgehead atoms. The van der Waals surface area contributed by atoms with E-state index in [2.05, 4.69) is 10.3 Å². The third-order valence-corrected chi connectivity index (χ3v) is 3.86. The van der Waals surface area contributed by atoms with Crippen LogP contribution in [0.4, 0.5) is 15.9 Å². The molecule has 1 atom stereocenters. The first-order chi connectivity index (χ1) is 10.1. The summed E-state index contributed by atoms with van der Waals surface area (Å²) in [6.45, 7) is 3.39. The van der Waals surface area contributed by atoms with E-state index in [1.165, 1.54) is 6.07 Å². The van der Waals surface area contributed by atoms with E-state index in [4.69, 9.17) is 0 Å². The Morgan fingerprint density at radius 2 is 2.33 bits per heavy atom. The lowest BCUT2D eigenvalue weighted by Crippen LogP contribution is -2.61. The van der Waals surface area contributed by atoms with Gasteiger partial charge in [-0.2, -0.15) is 0 Å². The minimum atomic E-state index is -0.482. The van der Waals surface area contributed by atoms with Crippen molar-refractivity contribution in [3.63, 3.8) is 0 Å². The van der Waals surface area contributed by atoms with Crippen LogP contribution in [0.1, 0.15) is 19.8 Å². The highest BCUT2D eigenvalue weighted by Crippen LogP contribution is 2.32. The normalized spacial score (nSPS) is 20.7. The van der Waals surface area contributed by atoms with Gasteiger partial charge in [0.1, 0.15) is 11.9 Å². The third kappa shape index (κ3) is 2.43. The van der Waals surface area contributed by atoms with E-state index >= 15 is 0 Å². The van der Waals surface area contributed by atoms with Gasteiger partial charge in [-0.3, -0.25) is 9.59 Å². The molecule has 7 heteroatoms. The van der Waals surface area contributed by atoms with Gasteiger partial charge in [-0.15, -0.1) is 0 Å². The number of nitrogens with zero attached hydrogens (tertiary/aromatic N) is 3. The second-order valence-electron chi connectivity index (χ2n) is 5.31. The average Bonchev–Trinajstić information content (AvgIpc) is 2.47. The number of halogens is 1. The molecule has 112 valence electrons. The van der Waals surface area contributed by atoms with Crippen LogP contribution >= 0.6 is 0 Å². The van der Waals surface area contributed by atoms with Crippen LogP contribution < -0.4 is 10.2 Å². The number of anilines is 2. The van der Waals surface area contributed by atoms with Crippen molar-refractivity contribution < 1.29 is 14.0 Å². The number of hydrogen-bond acceptors (Lipinski definition) is 4. The van der Waals surface area contributed by atoms with Crippen LogP contribution in [-0.2, 0) is 9.59 Å². The summed E-state index contributed by atoms with van der Waals surface area (Å²) >= 11 is 0. The number of carbonyl (C=O) groups is 2. The Balaban J connectivity index is 1.84. The second kappa shape index (κ2) is 5.31. The molecule has 1 saturated heterocycles. The highest BCUT2D eigenvalue weighted by atomic mass is 19.1. The van der Waals surface area contributed by atoms with Gasteiger partial charge >= 0.3 is 0 Å². The number of hydrogen-bond donors (Lipinski definition) is 1. The molecule has 1 aromatic rings. The number of aromatic nitrogens is 1. The first-order valence-electron chi connectivity index (χ1n) is 7.11. The Morgan fingerprint density at radius 3 is 3.10 bits per heavy atom. The van der Waals surface area contributed by atoms with Crippen molar-refractivity contribution >= 4 is 23.3 Å². The number of rotatable bonds is 2. The fraction of sp³-hybridized carbons (Fsp3) is 0.500. The van der Waals surface area contributed by atoms with Crippen LogP contribution in [0.15, 0.2) is 12.3 Å². The highest BCUT2D eigenvalue weighted by Gasteiger charge is 2.39. The summed E-state index contributed by atoms with van der Waals surface area (Å²) in [4.78, 5) is 31.8. The van der Waals surface area contributed by atoms with Crippen molar-refractivity contribution in [3.05, 3.63) is 18.1 Å². The molecule has 0 radical (unpaired) electrons. The summed E-state index contributed by atoms with van der Waals surface area (Å²) in [6, 6.07) is 0.815. The molecule has 2 amide bonds. The SMILES string of the molecule is CCCC(=O)N1CCN2c3ncc(F)cc3NC(=O)C2C1. The topological polar surface area (TPSA) is 65.5 Å². The zero-order valence-electron chi connectivity index (χ0n) is 11.8. The predicted molar refractivity (Wildman–Crippen MR) is 75.4 cm³/mol. The van der Waals surface area contributed by atoms with E-state index in [-0.39, 0.29) is 11.8 Å². The molecule has 1 unspecified atom stereocenters. The number of fused-ring (bicyclic) bond motifs is 3. The van der Waals surface area contributed by atoms with Gasteiger partial charge in [-0.25, -0.2) is 9.37 Å². The van der Waals surface area contributed by atoms with Crippen molar-refractivity contribution in [2.24, 2.45) is 0 Å². The minimum absolute atomic E-state index is 0.0720. The molecule has 2 aliphatic heterocycles. The quantitative estimate of drug-likeness (QED) is 0.883. The smallest absolute Gasteiger partial charge is 0.249 e. The molecule has 21 heavy (non-hydrogen) atoms. The molecule has 1 aromatic heterocycles. The molecular formula is C14H17FN4O2. The van der Waals surface area contributed by atoms with Crippen LogP contribution in [0.5, 0.6) is 0 Å². The van der Waals surface area contributed by atoms with Crippen LogP contribution in [0.25, 0.3) is 0 Å². The maximum atomic E-state index is 13.2. The number of pyridine rings is 1. The first-order valence-corrected chi connectivity index (χ1v) is 7.11. The number of carbonyl (C=O) groups excluding carboxylic acids is 2. The van der Waals surface area contributed by atoms with Crippen molar-refractivity contribution in [2.45, 2.75) is 25.8 Å². The van der Waals surface area contributed by atoms with Crippen molar-refractivity contribution in [3.8, 4) is 0 Å². The van der Waals surface area contributed by atoms with Crippen LogP contribution in [0, 0.1) is 5.82 Å². The Hall–Kier alpha value is -2.18. The van der Waals surface area contributed by atoms with Gasteiger partial charge in [0.25, 0.3) is 0 Å². The Bertz CT molecular complexity index is 592. The van der Waals surface area contributed by atoms with E-state index < -0.39 is 11.9 Å². The molecular weight excluding hydrogens is 275 g/mol. The molecule has 0 spiro atoms. The van der Waals surface area contributed by atoms with Gasteiger partial charge in [-0.05, 0) is 6.42 Å². The molecule has 0 saturated carbocycles. The van der Waals surface area contributed by atoms with Gasteiger partial charge in [0.2, 0.25) is 11.8 Å². The Labute approximate surface area is 121 Å². The molecule has 3 heterocycles. The maximum Gasteiger partial charge on any atom is 0.249 e. The number of nitrogens with one attached hydrogen (secondary N) is 1. The molecule has 6 nitrogen and oxygen atoms in total. The van der Waals surface area contributed by atoms with E-state index in [1.807, 2.05) is 11.8 Å². The molecule has 0 aromatic carbocycles. The zero-order chi connectivity index (χ0) is 15.0. The summed E-state index contributed by atoms with van der Waals surface area (Å²) < 4.78 is 13.2. The predicted octanol–water partition coefficient (Wildman–Crippen LogP) is 0.990. The van der Waals surface area contributed by atoms with Gasteiger partial charge in [-0.1, -0.05) is 6.92 Å². The zero-order valence-corrected chi connectivity index (χ0v) is 11.8. The fourth-order valence-electron chi connectivity index (χ4n) is 2.83. The number of amides is 2. The molecule has 2 aliphatic rings. The largest absolute Gasteiger partial charge is 0.339 e. The third-order valence-electron chi connectivity index (χ3n) is 3.86. The standard InChI is InChI=1S/C14H17FN4O2/c1-2-3-12(20)18-4-5-19-11(8-18)14(21)17-10-6-9(15)7-16-13(10)19/h6-7,11H,2-5,8H2,1H3,(H,17,21). The minimum Gasteiger partial charge on any atom is -0.339 e. The summed E-state index contributed by atoms with van der Waals surface area (Å²) in [5.41, 5.74) is 0.393. The van der Waals surface area contributed by atoms with Crippen LogP contribution in [0.2, 0.25) is 0 Å².